The minimum atomic E-state index is -4.30. The van der Waals surface area contributed by atoms with E-state index in [1.165, 1.54) is 36.3 Å². The van der Waals surface area contributed by atoms with Gasteiger partial charge in [-0.2, -0.15) is 0 Å². The molecule has 0 aliphatic carbocycles. The molecule has 1 atom stereocenters. The minimum Gasteiger partial charge on any atom is -0.495 e. The van der Waals surface area contributed by atoms with E-state index in [1.807, 2.05) is 6.92 Å². The van der Waals surface area contributed by atoms with Gasteiger partial charge < -0.3 is 15.0 Å². The van der Waals surface area contributed by atoms with Gasteiger partial charge in [0.25, 0.3) is 10.0 Å². The average molecular weight is 655 g/mol. The Morgan fingerprint density at radius 1 is 0.952 bits per heavy atom. The second-order valence-electron chi connectivity index (χ2n) is 9.43. The monoisotopic (exact) mass is 653 g/mol. The molecule has 8 nitrogen and oxygen atoms in total. The molecule has 3 rings (SSSR count). The molecule has 12 heteroatoms. The Morgan fingerprint density at radius 3 is 2.21 bits per heavy atom. The zero-order valence-electron chi connectivity index (χ0n) is 23.6. The first-order valence-corrected chi connectivity index (χ1v) is 16.0. The highest BCUT2D eigenvalue weighted by atomic mass is 35.5. The molecule has 0 saturated carbocycles. The number of unbranched alkanes of at least 4 members (excludes halogenated alkanes) is 1. The van der Waals surface area contributed by atoms with E-state index in [0.29, 0.717) is 22.2 Å². The second-order valence-corrected chi connectivity index (χ2v) is 12.5. The standard InChI is InChI=1S/C30H34Cl3N3O5S/c1-4-6-17-34-30(38)26(5-2)35(19-23-24(32)13-10-14-25(23)33)29(37)20-36(27-18-21(31)15-16-28(27)41-3)42(39,40)22-11-8-7-9-12-22/h7-16,18,26H,4-6,17,19-20H2,1-3H3,(H,34,38)/t26-/m0/s1. The van der Waals surface area contributed by atoms with Crippen molar-refractivity contribution < 1.29 is 22.7 Å². The molecule has 0 radical (unpaired) electrons. The number of nitrogens with one attached hydrogen (secondary N) is 1. The number of carbonyl (C=O) groups is 2. The fourth-order valence-corrected chi connectivity index (χ4v) is 6.49. The summed E-state index contributed by atoms with van der Waals surface area (Å²) < 4.78 is 34.4. The third-order valence-corrected chi connectivity index (χ3v) is 9.34. The van der Waals surface area contributed by atoms with E-state index in [4.69, 9.17) is 39.5 Å². The molecule has 3 aromatic carbocycles. The SMILES string of the molecule is CCCCNC(=O)[C@H](CC)N(Cc1c(Cl)cccc1Cl)C(=O)CN(c1cc(Cl)ccc1OC)S(=O)(=O)c1ccccc1. The van der Waals surface area contributed by atoms with Crippen LogP contribution in [0, 0.1) is 0 Å². The van der Waals surface area contributed by atoms with E-state index in [9.17, 15) is 18.0 Å². The molecule has 0 spiro atoms. The first-order chi connectivity index (χ1) is 20.0. The van der Waals surface area contributed by atoms with Crippen LogP contribution in [0.1, 0.15) is 38.7 Å². The van der Waals surface area contributed by atoms with Gasteiger partial charge in [0.05, 0.1) is 17.7 Å². The van der Waals surface area contributed by atoms with Gasteiger partial charge in [-0.1, -0.05) is 79.3 Å². The van der Waals surface area contributed by atoms with Crippen LogP contribution in [-0.2, 0) is 26.2 Å². The summed E-state index contributed by atoms with van der Waals surface area (Å²) in [5.41, 5.74) is 0.505. The Hall–Kier alpha value is -2.98. The highest BCUT2D eigenvalue weighted by molar-refractivity contribution is 7.92. The maximum Gasteiger partial charge on any atom is 0.264 e. The molecular weight excluding hydrogens is 621 g/mol. The predicted molar refractivity (Wildman–Crippen MR) is 168 cm³/mol. The summed E-state index contributed by atoms with van der Waals surface area (Å²) in [6.07, 6.45) is 1.91. The number of amides is 2. The van der Waals surface area contributed by atoms with E-state index in [0.717, 1.165) is 17.1 Å². The smallest absolute Gasteiger partial charge is 0.264 e. The summed E-state index contributed by atoms with van der Waals surface area (Å²) in [5.74, 6) is -0.818. The first kappa shape index (κ1) is 33.5. The number of ether oxygens (including phenoxy) is 1. The summed E-state index contributed by atoms with van der Waals surface area (Å²) >= 11 is 19.2. The number of hydrogen-bond donors (Lipinski definition) is 1. The Balaban J connectivity index is 2.13. The number of carbonyl (C=O) groups excluding carboxylic acids is 2. The molecule has 0 aliphatic rings. The van der Waals surface area contributed by atoms with Gasteiger partial charge in [0.2, 0.25) is 11.8 Å². The highest BCUT2D eigenvalue weighted by Gasteiger charge is 2.35. The lowest BCUT2D eigenvalue weighted by molar-refractivity contribution is -0.140. The minimum absolute atomic E-state index is 0.0372. The number of anilines is 1. The molecule has 0 fully saturated rings. The fourth-order valence-electron chi connectivity index (χ4n) is 4.37. The maximum atomic E-state index is 14.2. The highest BCUT2D eigenvalue weighted by Crippen LogP contribution is 2.35. The quantitative estimate of drug-likeness (QED) is 0.198. The van der Waals surface area contributed by atoms with Crippen molar-refractivity contribution in [3.05, 3.63) is 87.4 Å². The van der Waals surface area contributed by atoms with Crippen LogP contribution in [0.5, 0.6) is 5.75 Å². The molecular formula is C30H34Cl3N3O5S. The molecule has 226 valence electrons. The average Bonchev–Trinajstić information content (AvgIpc) is 2.97. The normalized spacial score (nSPS) is 12.0. The van der Waals surface area contributed by atoms with Gasteiger partial charge in [0.1, 0.15) is 18.3 Å². The summed E-state index contributed by atoms with van der Waals surface area (Å²) in [7, 11) is -2.91. The molecule has 0 heterocycles. The predicted octanol–water partition coefficient (Wildman–Crippen LogP) is 6.57. The van der Waals surface area contributed by atoms with Crippen LogP contribution in [0.2, 0.25) is 15.1 Å². The third-order valence-electron chi connectivity index (χ3n) is 6.63. The molecule has 0 bridgehead atoms. The third kappa shape index (κ3) is 8.10. The zero-order valence-corrected chi connectivity index (χ0v) is 26.7. The van der Waals surface area contributed by atoms with Crippen LogP contribution in [0.4, 0.5) is 5.69 Å². The van der Waals surface area contributed by atoms with Crippen LogP contribution in [0.25, 0.3) is 0 Å². The van der Waals surface area contributed by atoms with Gasteiger partial charge in [-0.15, -0.1) is 0 Å². The molecule has 42 heavy (non-hydrogen) atoms. The van der Waals surface area contributed by atoms with Gasteiger partial charge in [-0.05, 0) is 55.3 Å². The van der Waals surface area contributed by atoms with Gasteiger partial charge in [0.15, 0.2) is 0 Å². The van der Waals surface area contributed by atoms with Crippen molar-refractivity contribution in [1.82, 2.24) is 10.2 Å². The van der Waals surface area contributed by atoms with Gasteiger partial charge in [-0.3, -0.25) is 13.9 Å². The summed E-state index contributed by atoms with van der Waals surface area (Å²) in [6.45, 7) is 3.44. The van der Waals surface area contributed by atoms with Gasteiger partial charge >= 0.3 is 0 Å². The number of halogens is 3. The Bertz CT molecular complexity index is 1470. The van der Waals surface area contributed by atoms with Gasteiger partial charge in [-0.25, -0.2) is 8.42 Å². The number of hydrogen-bond acceptors (Lipinski definition) is 5. The van der Waals surface area contributed by atoms with Crippen LogP contribution in [0.15, 0.2) is 71.6 Å². The Morgan fingerprint density at radius 2 is 1.62 bits per heavy atom. The van der Waals surface area contributed by atoms with E-state index in [-0.39, 0.29) is 40.2 Å². The van der Waals surface area contributed by atoms with E-state index >= 15 is 0 Å². The van der Waals surface area contributed by atoms with Crippen LogP contribution >= 0.6 is 34.8 Å². The van der Waals surface area contributed by atoms with Crippen molar-refractivity contribution in [1.29, 1.82) is 0 Å². The summed E-state index contributed by atoms with van der Waals surface area (Å²) in [6, 6.07) is 16.2. The largest absolute Gasteiger partial charge is 0.495 e. The lowest BCUT2D eigenvalue weighted by Gasteiger charge is -2.34. The molecule has 0 saturated heterocycles. The van der Waals surface area contributed by atoms with Crippen molar-refractivity contribution in [2.24, 2.45) is 0 Å². The van der Waals surface area contributed by atoms with Crippen molar-refractivity contribution in [2.45, 2.75) is 50.6 Å². The van der Waals surface area contributed by atoms with Gasteiger partial charge in [0, 0.05) is 33.7 Å². The van der Waals surface area contributed by atoms with Crippen LogP contribution in [0.3, 0.4) is 0 Å². The molecule has 0 unspecified atom stereocenters. The maximum absolute atomic E-state index is 14.2. The second kappa shape index (κ2) is 15.5. The van der Waals surface area contributed by atoms with Crippen LogP contribution in [-0.4, -0.2) is 51.4 Å². The Kier molecular flexibility index (Phi) is 12.4. The van der Waals surface area contributed by atoms with E-state index in [1.54, 1.807) is 49.4 Å². The van der Waals surface area contributed by atoms with E-state index in [2.05, 4.69) is 5.32 Å². The molecule has 1 N–H and O–H groups in total. The number of sulfonamides is 1. The molecule has 2 amide bonds. The molecule has 0 aromatic heterocycles. The fraction of sp³-hybridized carbons (Fsp3) is 0.333. The Labute approximate surface area is 262 Å². The molecule has 0 aliphatic heterocycles. The zero-order chi connectivity index (χ0) is 30.9. The van der Waals surface area contributed by atoms with Crippen molar-refractivity contribution >= 4 is 62.3 Å². The summed E-state index contributed by atoms with van der Waals surface area (Å²) in [4.78, 5) is 28.8. The number of benzene rings is 3. The van der Waals surface area contributed by atoms with Crippen molar-refractivity contribution in [2.75, 3.05) is 24.5 Å². The summed E-state index contributed by atoms with van der Waals surface area (Å²) in [5, 5.41) is 3.75. The van der Waals surface area contributed by atoms with Crippen molar-refractivity contribution in [3.63, 3.8) is 0 Å². The topological polar surface area (TPSA) is 96.0 Å². The molecule has 3 aromatic rings. The lowest BCUT2D eigenvalue weighted by Crippen LogP contribution is -2.52. The van der Waals surface area contributed by atoms with Crippen molar-refractivity contribution in [3.8, 4) is 5.75 Å². The lowest BCUT2D eigenvalue weighted by atomic mass is 10.1. The van der Waals surface area contributed by atoms with Crippen LogP contribution < -0.4 is 14.4 Å². The van der Waals surface area contributed by atoms with E-state index < -0.39 is 28.5 Å². The number of nitrogens with zero attached hydrogens (tertiary/aromatic N) is 2. The number of methoxy groups -OCH3 is 1. The first-order valence-electron chi connectivity index (χ1n) is 13.5. The number of rotatable bonds is 14.